The number of nitrogens with two attached hydrogens (primary N) is 1. The number of benzene rings is 1. The summed E-state index contributed by atoms with van der Waals surface area (Å²) in [6.45, 7) is 6.27. The Morgan fingerprint density at radius 3 is 2.63 bits per heavy atom. The number of nitrogen functional groups attached to an aromatic ring is 1. The number of hydrogen-bond donors (Lipinski definition) is 2. The van der Waals surface area contributed by atoms with Crippen LogP contribution in [0.3, 0.4) is 0 Å². The maximum Gasteiger partial charge on any atom is 0.278 e. The number of carbonyl (C=O) groups excluding carboxylic acids is 1. The number of anilines is 1. The molecule has 0 radical (unpaired) electrons. The molecule has 1 amide bonds. The minimum Gasteiger partial charge on any atom is -0.348 e. The van der Waals surface area contributed by atoms with Crippen molar-refractivity contribution in [3.8, 4) is 0 Å². The highest BCUT2D eigenvalue weighted by molar-refractivity contribution is 6.00. The Morgan fingerprint density at radius 2 is 1.93 bits per heavy atom. The van der Waals surface area contributed by atoms with Crippen LogP contribution in [0.2, 0.25) is 0 Å². The van der Waals surface area contributed by atoms with E-state index in [1.807, 2.05) is 51.1 Å². The maximum absolute atomic E-state index is 13.1. The number of carbonyl (C=O) groups is 1. The zero-order chi connectivity index (χ0) is 21.4. The largest absolute Gasteiger partial charge is 0.348 e. The molecule has 7 heteroatoms. The Labute approximate surface area is 173 Å². The normalized spacial score (nSPS) is 11.3. The average molecular weight is 402 g/mol. The molecular formula is C23H24N5O2+. The van der Waals surface area contributed by atoms with Gasteiger partial charge in [-0.25, -0.2) is 4.57 Å². The van der Waals surface area contributed by atoms with E-state index in [4.69, 9.17) is 5.73 Å². The second kappa shape index (κ2) is 7.59. The van der Waals surface area contributed by atoms with Crippen molar-refractivity contribution in [2.24, 2.45) is 0 Å². The van der Waals surface area contributed by atoms with Crippen LogP contribution in [-0.2, 0) is 6.54 Å². The number of amides is 1. The lowest BCUT2D eigenvalue weighted by molar-refractivity contribution is -0.679. The van der Waals surface area contributed by atoms with E-state index < -0.39 is 0 Å². The molecule has 0 atom stereocenters. The smallest absolute Gasteiger partial charge is 0.278 e. The predicted molar refractivity (Wildman–Crippen MR) is 116 cm³/mol. The van der Waals surface area contributed by atoms with Crippen molar-refractivity contribution in [1.29, 1.82) is 0 Å². The number of aryl methyl sites for hydroxylation is 1. The second-order valence-electron chi connectivity index (χ2n) is 7.66. The summed E-state index contributed by atoms with van der Waals surface area (Å²) in [6.07, 6.45) is 1.66. The number of fused-ring (bicyclic) bond motifs is 2. The molecule has 0 aliphatic rings. The number of aromatic nitrogens is 3. The lowest BCUT2D eigenvalue weighted by Crippen LogP contribution is -2.44. The monoisotopic (exact) mass is 402 g/mol. The van der Waals surface area contributed by atoms with E-state index in [0.717, 1.165) is 11.1 Å². The fourth-order valence-corrected chi connectivity index (χ4v) is 3.55. The van der Waals surface area contributed by atoms with Crippen molar-refractivity contribution in [1.82, 2.24) is 14.7 Å². The summed E-state index contributed by atoms with van der Waals surface area (Å²) < 4.78 is 3.21. The number of rotatable bonds is 4. The van der Waals surface area contributed by atoms with Gasteiger partial charge < -0.3 is 11.1 Å². The average Bonchev–Trinajstić information content (AvgIpc) is 2.72. The summed E-state index contributed by atoms with van der Waals surface area (Å²) in [4.78, 5) is 30.7. The van der Waals surface area contributed by atoms with Crippen LogP contribution in [0.4, 0.5) is 5.82 Å². The van der Waals surface area contributed by atoms with Crippen LogP contribution < -0.4 is 21.2 Å². The van der Waals surface area contributed by atoms with Crippen molar-refractivity contribution >= 4 is 28.4 Å². The predicted octanol–water partition coefficient (Wildman–Crippen LogP) is 2.54. The molecular weight excluding hydrogens is 378 g/mol. The summed E-state index contributed by atoms with van der Waals surface area (Å²) >= 11 is 0. The third-order valence-corrected chi connectivity index (χ3v) is 5.14. The van der Waals surface area contributed by atoms with E-state index in [1.165, 1.54) is 4.40 Å². The molecule has 4 aromatic rings. The standard InChI is InChI=1S/C23H23N5O2/c1-14(2)28-20(24)17(22(29)25-13-16-9-7-15(3)8-10-16)12-18-21(28)26-19-6-4-5-11-27(19)23(18)30/h4-12,14,24H,13H2,1-3H3,(H,25,29)/p+1. The number of nitrogens with one attached hydrogen (secondary N) is 1. The quantitative estimate of drug-likeness (QED) is 0.405. The van der Waals surface area contributed by atoms with Crippen LogP contribution in [0.5, 0.6) is 0 Å². The lowest BCUT2D eigenvalue weighted by Gasteiger charge is -2.14. The zero-order valence-corrected chi connectivity index (χ0v) is 17.2. The molecule has 3 aromatic heterocycles. The summed E-state index contributed by atoms with van der Waals surface area (Å²) in [6, 6.07) is 14.7. The van der Waals surface area contributed by atoms with Gasteiger partial charge in [0.2, 0.25) is 11.5 Å². The molecule has 4 rings (SSSR count). The van der Waals surface area contributed by atoms with Gasteiger partial charge in [-0.1, -0.05) is 40.9 Å². The van der Waals surface area contributed by atoms with Gasteiger partial charge in [0.25, 0.3) is 17.1 Å². The van der Waals surface area contributed by atoms with Crippen molar-refractivity contribution in [2.75, 3.05) is 5.73 Å². The minimum absolute atomic E-state index is 0.0876. The molecule has 0 saturated carbocycles. The topological polar surface area (TPSA) is 93.4 Å². The third kappa shape index (κ3) is 3.39. The highest BCUT2D eigenvalue weighted by Crippen LogP contribution is 2.17. The fourth-order valence-electron chi connectivity index (χ4n) is 3.55. The van der Waals surface area contributed by atoms with E-state index in [-0.39, 0.29) is 28.9 Å². The van der Waals surface area contributed by atoms with Crippen molar-refractivity contribution in [3.05, 3.63) is 81.8 Å². The Kier molecular flexibility index (Phi) is 4.95. The molecule has 3 N–H and O–H groups in total. The van der Waals surface area contributed by atoms with Gasteiger partial charge in [0.1, 0.15) is 10.9 Å². The molecule has 0 fully saturated rings. The molecule has 0 spiro atoms. The molecule has 1 aromatic carbocycles. The summed E-state index contributed by atoms with van der Waals surface area (Å²) in [5.74, 6) is -0.0481. The Bertz CT molecular complexity index is 1320. The van der Waals surface area contributed by atoms with Gasteiger partial charge in [-0.05, 0) is 44.5 Å². The molecule has 0 aliphatic heterocycles. The Hall–Kier alpha value is -3.74. The fraction of sp³-hybridized carbons (Fsp3) is 0.217. The lowest BCUT2D eigenvalue weighted by atomic mass is 10.1. The molecule has 0 aliphatic carbocycles. The van der Waals surface area contributed by atoms with Crippen LogP contribution in [0, 0.1) is 6.92 Å². The highest BCUT2D eigenvalue weighted by Gasteiger charge is 2.25. The molecule has 0 unspecified atom stereocenters. The first-order chi connectivity index (χ1) is 14.4. The second-order valence-corrected chi connectivity index (χ2v) is 7.66. The molecule has 152 valence electrons. The van der Waals surface area contributed by atoms with Gasteiger partial charge in [-0.15, -0.1) is 0 Å². The molecule has 0 saturated heterocycles. The highest BCUT2D eigenvalue weighted by atomic mass is 16.1. The van der Waals surface area contributed by atoms with Crippen LogP contribution in [0.15, 0.2) is 59.5 Å². The SMILES string of the molecule is Cc1ccc(CNC(=O)c2cc3c(=O)n4ccccc4nc3[n+](C(C)C)c2N)cc1. The van der Waals surface area contributed by atoms with E-state index in [9.17, 15) is 9.59 Å². The first-order valence-electron chi connectivity index (χ1n) is 9.85. The molecule has 0 bridgehead atoms. The molecule has 30 heavy (non-hydrogen) atoms. The number of pyridine rings is 2. The van der Waals surface area contributed by atoms with E-state index in [2.05, 4.69) is 10.3 Å². The van der Waals surface area contributed by atoms with Gasteiger partial charge >= 0.3 is 0 Å². The number of nitrogens with zero attached hydrogens (tertiary/aromatic N) is 3. The summed E-state index contributed by atoms with van der Waals surface area (Å²) in [5.41, 5.74) is 9.54. The van der Waals surface area contributed by atoms with Crippen molar-refractivity contribution < 1.29 is 9.36 Å². The minimum atomic E-state index is -0.332. The Morgan fingerprint density at radius 1 is 1.20 bits per heavy atom. The van der Waals surface area contributed by atoms with Crippen molar-refractivity contribution in [2.45, 2.75) is 33.4 Å². The molecule has 7 nitrogen and oxygen atoms in total. The van der Waals surface area contributed by atoms with Gasteiger partial charge in [0.05, 0.1) is 6.04 Å². The van der Waals surface area contributed by atoms with Crippen LogP contribution in [0.25, 0.3) is 16.7 Å². The summed E-state index contributed by atoms with van der Waals surface area (Å²) in [7, 11) is 0. The van der Waals surface area contributed by atoms with Gasteiger partial charge in [0, 0.05) is 12.7 Å². The zero-order valence-electron chi connectivity index (χ0n) is 17.2. The molecule has 3 heterocycles. The third-order valence-electron chi connectivity index (χ3n) is 5.14. The Balaban J connectivity index is 1.83. The first kappa shape index (κ1) is 19.6. The van der Waals surface area contributed by atoms with E-state index >= 15 is 0 Å². The first-order valence-corrected chi connectivity index (χ1v) is 9.85. The van der Waals surface area contributed by atoms with Crippen LogP contribution >= 0.6 is 0 Å². The van der Waals surface area contributed by atoms with Crippen molar-refractivity contribution in [3.63, 3.8) is 0 Å². The summed E-state index contributed by atoms with van der Waals surface area (Å²) in [5, 5.41) is 3.25. The van der Waals surface area contributed by atoms with Crippen LogP contribution in [0.1, 0.15) is 41.4 Å². The number of hydrogen-bond acceptors (Lipinski definition) is 4. The van der Waals surface area contributed by atoms with Gasteiger partial charge in [0.15, 0.2) is 0 Å². The van der Waals surface area contributed by atoms with Gasteiger partial charge in [-0.2, -0.15) is 0 Å². The maximum atomic E-state index is 13.1. The van der Waals surface area contributed by atoms with E-state index in [1.54, 1.807) is 29.0 Å². The van der Waals surface area contributed by atoms with Crippen LogP contribution in [-0.4, -0.2) is 15.3 Å². The van der Waals surface area contributed by atoms with Gasteiger partial charge in [-0.3, -0.25) is 14.0 Å². The van der Waals surface area contributed by atoms with E-state index in [0.29, 0.717) is 23.2 Å².